The first-order chi connectivity index (χ1) is 7.25. The third-order valence-corrected chi connectivity index (χ3v) is 4.32. The molecule has 0 radical (unpaired) electrons. The van der Waals surface area contributed by atoms with Crippen LogP contribution >= 0.6 is 23.4 Å². The monoisotopic (exact) mass is 241 g/mol. The van der Waals surface area contributed by atoms with E-state index in [1.807, 2.05) is 17.8 Å². The molecule has 0 spiro atoms. The van der Waals surface area contributed by atoms with Crippen LogP contribution in [0.4, 0.5) is 0 Å². The highest BCUT2D eigenvalue weighted by molar-refractivity contribution is 7.99. The Hall–Kier alpha value is -0.180. The molecule has 0 aliphatic carbocycles. The Kier molecular flexibility index (Phi) is 3.95. The molecule has 1 N–H and O–H groups in total. The quantitative estimate of drug-likeness (QED) is 0.814. The molecular weight excluding hydrogens is 226 g/mol. The molecule has 0 aromatic heterocycles. The van der Waals surface area contributed by atoms with Gasteiger partial charge >= 0.3 is 0 Å². The highest BCUT2D eigenvalue weighted by Crippen LogP contribution is 2.25. The van der Waals surface area contributed by atoms with E-state index in [9.17, 15) is 0 Å². The van der Waals surface area contributed by atoms with Crippen molar-refractivity contribution in [3.05, 3.63) is 28.8 Å². The van der Waals surface area contributed by atoms with Gasteiger partial charge in [0.15, 0.2) is 0 Å². The van der Waals surface area contributed by atoms with Crippen molar-refractivity contribution in [1.82, 2.24) is 5.32 Å². The van der Waals surface area contributed by atoms with Crippen LogP contribution in [0, 0.1) is 6.92 Å². The van der Waals surface area contributed by atoms with Crippen molar-refractivity contribution in [1.29, 1.82) is 0 Å². The van der Waals surface area contributed by atoms with Crippen molar-refractivity contribution < 1.29 is 0 Å². The van der Waals surface area contributed by atoms with Crippen molar-refractivity contribution in [2.24, 2.45) is 0 Å². The van der Waals surface area contributed by atoms with E-state index in [4.69, 9.17) is 11.6 Å². The van der Waals surface area contributed by atoms with Gasteiger partial charge < -0.3 is 5.32 Å². The van der Waals surface area contributed by atoms with E-state index in [1.54, 1.807) is 0 Å². The number of aryl methyl sites for hydroxylation is 1. The molecule has 1 saturated heterocycles. The number of thioether (sulfide) groups is 1. The number of halogens is 1. The normalized spacial score (nSPS) is 20.8. The number of hydrogen-bond donors (Lipinski definition) is 1. The van der Waals surface area contributed by atoms with Crippen molar-refractivity contribution in [2.75, 3.05) is 12.3 Å². The zero-order valence-corrected chi connectivity index (χ0v) is 10.5. The summed E-state index contributed by atoms with van der Waals surface area (Å²) in [5, 5.41) is 4.37. The molecule has 1 fully saturated rings. The Labute approximate surface area is 101 Å². The third-order valence-electron chi connectivity index (χ3n) is 2.74. The van der Waals surface area contributed by atoms with Crippen LogP contribution in [-0.4, -0.2) is 18.3 Å². The molecular formula is C12H16ClNS. The summed E-state index contributed by atoms with van der Waals surface area (Å²) in [6.07, 6.45) is 2.64. The third kappa shape index (κ3) is 3.13. The molecule has 1 unspecified atom stereocenters. The maximum Gasteiger partial charge on any atom is 0.0435 e. The molecule has 1 aliphatic rings. The van der Waals surface area contributed by atoms with Crippen LogP contribution < -0.4 is 5.32 Å². The first-order valence-corrected chi connectivity index (χ1v) is 6.74. The summed E-state index contributed by atoms with van der Waals surface area (Å²) < 4.78 is 0. The van der Waals surface area contributed by atoms with E-state index < -0.39 is 0 Å². The minimum atomic E-state index is 0.700. The molecule has 1 aromatic carbocycles. The first-order valence-electron chi connectivity index (χ1n) is 5.38. The molecule has 1 atom stereocenters. The summed E-state index contributed by atoms with van der Waals surface area (Å²) in [7, 11) is 0. The fourth-order valence-electron chi connectivity index (χ4n) is 1.80. The predicted molar refractivity (Wildman–Crippen MR) is 67.9 cm³/mol. The Balaban J connectivity index is 1.90. The summed E-state index contributed by atoms with van der Waals surface area (Å²) >= 11 is 7.91. The predicted octanol–water partition coefficient (Wildman–Crippen LogP) is 3.49. The summed E-state index contributed by atoms with van der Waals surface area (Å²) in [5.41, 5.74) is 1.17. The van der Waals surface area contributed by atoms with Gasteiger partial charge in [-0.3, -0.25) is 0 Å². The largest absolute Gasteiger partial charge is 0.313 e. The molecule has 0 bridgehead atoms. The van der Waals surface area contributed by atoms with Crippen molar-refractivity contribution >= 4 is 23.4 Å². The van der Waals surface area contributed by atoms with Crippen LogP contribution in [0.3, 0.4) is 0 Å². The van der Waals surface area contributed by atoms with Gasteiger partial charge in [0.25, 0.3) is 0 Å². The van der Waals surface area contributed by atoms with Gasteiger partial charge in [-0.25, -0.2) is 0 Å². The average Bonchev–Trinajstić information content (AvgIpc) is 2.73. The van der Waals surface area contributed by atoms with Gasteiger partial charge in [0, 0.05) is 21.7 Å². The van der Waals surface area contributed by atoms with Gasteiger partial charge in [-0.05, 0) is 50.1 Å². The fraction of sp³-hybridized carbons (Fsp3) is 0.500. The van der Waals surface area contributed by atoms with Crippen LogP contribution in [0.5, 0.6) is 0 Å². The van der Waals surface area contributed by atoms with Crippen LogP contribution in [0.1, 0.15) is 18.4 Å². The van der Waals surface area contributed by atoms with Crippen LogP contribution in [-0.2, 0) is 0 Å². The smallest absolute Gasteiger partial charge is 0.0435 e. The molecule has 1 aromatic rings. The summed E-state index contributed by atoms with van der Waals surface area (Å²) in [6, 6.07) is 6.96. The minimum Gasteiger partial charge on any atom is -0.313 e. The van der Waals surface area contributed by atoms with Gasteiger partial charge in [-0.15, -0.1) is 11.8 Å². The van der Waals surface area contributed by atoms with E-state index in [2.05, 4.69) is 24.4 Å². The van der Waals surface area contributed by atoms with Crippen molar-refractivity contribution in [3.63, 3.8) is 0 Å². The minimum absolute atomic E-state index is 0.700. The maximum atomic E-state index is 5.99. The number of nitrogens with one attached hydrogen (secondary N) is 1. The van der Waals surface area contributed by atoms with Crippen LogP contribution in [0.25, 0.3) is 0 Å². The Morgan fingerprint density at radius 1 is 1.53 bits per heavy atom. The highest BCUT2D eigenvalue weighted by Gasteiger charge is 2.13. The summed E-state index contributed by atoms with van der Waals surface area (Å²) in [4.78, 5) is 1.32. The zero-order chi connectivity index (χ0) is 10.7. The number of benzene rings is 1. The maximum absolute atomic E-state index is 5.99. The summed E-state index contributed by atoms with van der Waals surface area (Å²) in [6.45, 7) is 3.24. The molecule has 0 saturated carbocycles. The molecule has 2 rings (SSSR count). The highest BCUT2D eigenvalue weighted by atomic mass is 35.5. The SMILES string of the molecule is Cc1cc(SCC2CCCN2)ccc1Cl. The van der Waals surface area contributed by atoms with E-state index in [1.165, 1.54) is 35.6 Å². The first kappa shape index (κ1) is 11.3. The van der Waals surface area contributed by atoms with Crippen LogP contribution in [0.2, 0.25) is 5.02 Å². The molecule has 3 heteroatoms. The number of rotatable bonds is 3. The molecule has 15 heavy (non-hydrogen) atoms. The van der Waals surface area contributed by atoms with Gasteiger partial charge in [0.05, 0.1) is 0 Å². The standard InChI is InChI=1S/C12H16ClNS/c1-9-7-11(4-5-12(9)13)15-8-10-3-2-6-14-10/h4-5,7,10,14H,2-3,6,8H2,1H3. The Morgan fingerprint density at radius 2 is 2.40 bits per heavy atom. The van der Waals surface area contributed by atoms with Gasteiger partial charge in [0.2, 0.25) is 0 Å². The van der Waals surface area contributed by atoms with E-state index in [0.29, 0.717) is 6.04 Å². The van der Waals surface area contributed by atoms with Gasteiger partial charge in [0.1, 0.15) is 0 Å². The lowest BCUT2D eigenvalue weighted by Crippen LogP contribution is -2.23. The second kappa shape index (κ2) is 5.24. The number of hydrogen-bond acceptors (Lipinski definition) is 2. The lowest BCUT2D eigenvalue weighted by Gasteiger charge is -2.09. The second-order valence-corrected chi connectivity index (χ2v) is 5.52. The van der Waals surface area contributed by atoms with E-state index in [-0.39, 0.29) is 0 Å². The van der Waals surface area contributed by atoms with Crippen molar-refractivity contribution in [2.45, 2.75) is 30.7 Å². The van der Waals surface area contributed by atoms with Crippen molar-refractivity contribution in [3.8, 4) is 0 Å². The zero-order valence-electron chi connectivity index (χ0n) is 8.92. The molecule has 82 valence electrons. The Bertz CT molecular complexity index is 334. The molecule has 0 amide bonds. The van der Waals surface area contributed by atoms with Crippen LogP contribution in [0.15, 0.2) is 23.1 Å². The van der Waals surface area contributed by atoms with Gasteiger partial charge in [-0.2, -0.15) is 0 Å². The topological polar surface area (TPSA) is 12.0 Å². The molecule has 1 heterocycles. The Morgan fingerprint density at radius 3 is 3.07 bits per heavy atom. The lowest BCUT2D eigenvalue weighted by molar-refractivity contribution is 0.674. The lowest BCUT2D eigenvalue weighted by atomic mass is 10.2. The van der Waals surface area contributed by atoms with Gasteiger partial charge in [-0.1, -0.05) is 11.6 Å². The average molecular weight is 242 g/mol. The van der Waals surface area contributed by atoms with E-state index in [0.717, 1.165) is 5.02 Å². The second-order valence-electron chi connectivity index (χ2n) is 4.02. The summed E-state index contributed by atoms with van der Waals surface area (Å²) in [5.74, 6) is 1.17. The van der Waals surface area contributed by atoms with E-state index >= 15 is 0 Å². The fourth-order valence-corrected chi connectivity index (χ4v) is 3.02. The molecule has 1 aliphatic heterocycles. The molecule has 1 nitrogen and oxygen atoms in total.